The smallest absolute Gasteiger partial charge is 0.312 e. The summed E-state index contributed by atoms with van der Waals surface area (Å²) in [7, 11) is 0. The van der Waals surface area contributed by atoms with Crippen LogP contribution in [0.1, 0.15) is 81.5 Å². The molecule has 4 aliphatic carbocycles. The maximum atomic E-state index is 13.1. The van der Waals surface area contributed by atoms with Crippen molar-refractivity contribution in [2.24, 2.45) is 17.3 Å². The quantitative estimate of drug-likeness (QED) is 0.764. The molecule has 1 N–H and O–H groups in total. The Morgan fingerprint density at radius 1 is 1.11 bits per heavy atom. The highest BCUT2D eigenvalue weighted by Crippen LogP contribution is 2.62. The molecular weight excluding hydrogens is 336 g/mol. The minimum Gasteiger partial charge on any atom is -0.460 e. The van der Waals surface area contributed by atoms with Crippen LogP contribution >= 0.6 is 0 Å². The number of carbonyl (C=O) groups is 1. The molecule has 1 aromatic carbocycles. The van der Waals surface area contributed by atoms with Gasteiger partial charge in [0.05, 0.1) is 11.0 Å². The fraction of sp³-hybridized carbons (Fsp3) is 0.708. The highest BCUT2D eigenvalue weighted by molar-refractivity contribution is 5.78. The summed E-state index contributed by atoms with van der Waals surface area (Å²) in [6.45, 7) is 11.2. The first-order chi connectivity index (χ1) is 12.5. The Labute approximate surface area is 163 Å². The fourth-order valence-electron chi connectivity index (χ4n) is 6.40. The average Bonchev–Trinajstić information content (AvgIpc) is 2.50. The van der Waals surface area contributed by atoms with Crippen molar-refractivity contribution in [3.63, 3.8) is 0 Å². The van der Waals surface area contributed by atoms with Gasteiger partial charge in [0, 0.05) is 0 Å². The summed E-state index contributed by atoms with van der Waals surface area (Å²) in [6.07, 6.45) is 5.36. The lowest BCUT2D eigenvalue weighted by Gasteiger charge is -2.58. The van der Waals surface area contributed by atoms with Gasteiger partial charge in [-0.05, 0) is 91.9 Å². The molecule has 3 nitrogen and oxygen atoms in total. The Kier molecular flexibility index (Phi) is 4.27. The molecule has 4 aliphatic rings. The molecule has 4 saturated carbocycles. The summed E-state index contributed by atoms with van der Waals surface area (Å²) in [5, 5.41) is 10.9. The van der Waals surface area contributed by atoms with Crippen LogP contribution in [0.25, 0.3) is 0 Å². The van der Waals surface area contributed by atoms with E-state index in [1.807, 2.05) is 0 Å². The van der Waals surface area contributed by atoms with E-state index in [0.29, 0.717) is 24.9 Å². The van der Waals surface area contributed by atoms with Crippen LogP contribution in [0.2, 0.25) is 0 Å². The lowest BCUT2D eigenvalue weighted by atomic mass is 9.48. The molecule has 5 rings (SSSR count). The molecule has 3 heteroatoms. The van der Waals surface area contributed by atoms with E-state index >= 15 is 0 Å². The zero-order chi connectivity index (χ0) is 19.6. The topological polar surface area (TPSA) is 46.5 Å². The van der Waals surface area contributed by atoms with E-state index in [9.17, 15) is 9.90 Å². The average molecular weight is 371 g/mol. The van der Waals surface area contributed by atoms with Gasteiger partial charge in [-0.15, -0.1) is 0 Å². The molecule has 1 aromatic rings. The summed E-state index contributed by atoms with van der Waals surface area (Å²) in [5.74, 6) is 0.922. The van der Waals surface area contributed by atoms with E-state index in [1.54, 1.807) is 0 Å². The standard InChI is InChI=1S/C24H34O3/c1-15-6-19(22(3,4)5)7-16(2)20(15)13-27-21(25)23-9-17-8-18(10-23)12-24(26,11-17)14-23/h6-7,17-18,26H,8-14H2,1-5H3. The first kappa shape index (κ1) is 19.0. The first-order valence-electron chi connectivity index (χ1n) is 10.5. The van der Waals surface area contributed by atoms with Gasteiger partial charge >= 0.3 is 5.97 Å². The molecule has 0 amide bonds. The second-order valence-corrected chi connectivity index (χ2v) is 10.9. The molecule has 148 valence electrons. The second kappa shape index (κ2) is 6.07. The van der Waals surface area contributed by atoms with Crippen LogP contribution in [0.5, 0.6) is 0 Å². The van der Waals surface area contributed by atoms with Crippen LogP contribution < -0.4 is 0 Å². The summed E-state index contributed by atoms with van der Waals surface area (Å²) in [6, 6.07) is 4.45. The SMILES string of the molecule is Cc1cc(C(C)(C)C)cc(C)c1COC(=O)C12CC3CC(CC(O)(C3)C1)C2. The van der Waals surface area contributed by atoms with Gasteiger partial charge < -0.3 is 9.84 Å². The number of hydrogen-bond donors (Lipinski definition) is 1. The lowest BCUT2D eigenvalue weighted by molar-refractivity contribution is -0.197. The molecule has 2 atom stereocenters. The Hall–Kier alpha value is -1.35. The normalized spacial score (nSPS) is 34.7. The zero-order valence-corrected chi connectivity index (χ0v) is 17.5. The van der Waals surface area contributed by atoms with Crippen molar-refractivity contribution in [3.05, 3.63) is 34.4 Å². The predicted molar refractivity (Wildman–Crippen MR) is 106 cm³/mol. The van der Waals surface area contributed by atoms with Crippen molar-refractivity contribution >= 4 is 5.97 Å². The molecule has 27 heavy (non-hydrogen) atoms. The van der Waals surface area contributed by atoms with Crippen LogP contribution in [0.4, 0.5) is 0 Å². The van der Waals surface area contributed by atoms with E-state index in [4.69, 9.17) is 4.74 Å². The van der Waals surface area contributed by atoms with Gasteiger partial charge in [-0.2, -0.15) is 0 Å². The molecule has 4 fully saturated rings. The Morgan fingerprint density at radius 2 is 1.67 bits per heavy atom. The van der Waals surface area contributed by atoms with Gasteiger partial charge in [-0.25, -0.2) is 0 Å². The molecule has 0 aromatic heterocycles. The van der Waals surface area contributed by atoms with E-state index in [2.05, 4.69) is 46.8 Å². The zero-order valence-electron chi connectivity index (χ0n) is 17.5. The van der Waals surface area contributed by atoms with Crippen molar-refractivity contribution in [1.29, 1.82) is 0 Å². The Bertz CT molecular complexity index is 733. The van der Waals surface area contributed by atoms with Gasteiger partial charge in [-0.1, -0.05) is 32.9 Å². The van der Waals surface area contributed by atoms with E-state index < -0.39 is 11.0 Å². The third-order valence-electron chi connectivity index (χ3n) is 7.37. The van der Waals surface area contributed by atoms with Gasteiger partial charge in [0.1, 0.15) is 6.61 Å². The number of rotatable bonds is 3. The summed E-state index contributed by atoms with van der Waals surface area (Å²) < 4.78 is 5.90. The molecule has 0 spiro atoms. The van der Waals surface area contributed by atoms with Crippen molar-refractivity contribution in [2.75, 3.05) is 0 Å². The number of carbonyl (C=O) groups excluding carboxylic acids is 1. The lowest BCUT2D eigenvalue weighted by Crippen LogP contribution is -2.58. The molecule has 4 bridgehead atoms. The van der Waals surface area contributed by atoms with Crippen LogP contribution in [0.15, 0.2) is 12.1 Å². The van der Waals surface area contributed by atoms with Crippen molar-refractivity contribution in [2.45, 2.75) is 90.8 Å². The minimum atomic E-state index is -0.622. The number of benzene rings is 1. The summed E-state index contributed by atoms with van der Waals surface area (Å²) in [5.41, 5.74) is 3.87. The number of esters is 1. The van der Waals surface area contributed by atoms with Crippen LogP contribution in [0.3, 0.4) is 0 Å². The summed E-state index contributed by atoms with van der Waals surface area (Å²) in [4.78, 5) is 13.1. The second-order valence-electron chi connectivity index (χ2n) is 10.9. The van der Waals surface area contributed by atoms with E-state index in [-0.39, 0.29) is 11.4 Å². The maximum absolute atomic E-state index is 13.1. The third kappa shape index (κ3) is 3.33. The fourth-order valence-corrected chi connectivity index (χ4v) is 6.40. The minimum absolute atomic E-state index is 0.0753. The molecule has 2 unspecified atom stereocenters. The van der Waals surface area contributed by atoms with Crippen LogP contribution in [-0.2, 0) is 21.6 Å². The largest absolute Gasteiger partial charge is 0.460 e. The van der Waals surface area contributed by atoms with Gasteiger partial charge in [0.25, 0.3) is 0 Å². The number of aryl methyl sites for hydroxylation is 2. The van der Waals surface area contributed by atoms with Gasteiger partial charge in [0.15, 0.2) is 0 Å². The van der Waals surface area contributed by atoms with E-state index in [1.165, 1.54) is 23.1 Å². The van der Waals surface area contributed by atoms with Crippen LogP contribution in [0, 0.1) is 31.1 Å². The Morgan fingerprint density at radius 3 is 2.15 bits per heavy atom. The maximum Gasteiger partial charge on any atom is 0.312 e. The molecule has 0 aliphatic heterocycles. The van der Waals surface area contributed by atoms with Gasteiger partial charge in [0.2, 0.25) is 0 Å². The van der Waals surface area contributed by atoms with Crippen molar-refractivity contribution in [3.8, 4) is 0 Å². The van der Waals surface area contributed by atoms with Crippen molar-refractivity contribution < 1.29 is 14.6 Å². The highest BCUT2D eigenvalue weighted by atomic mass is 16.5. The number of ether oxygens (including phenoxy) is 1. The third-order valence-corrected chi connectivity index (χ3v) is 7.37. The van der Waals surface area contributed by atoms with Gasteiger partial charge in [-0.3, -0.25) is 4.79 Å². The van der Waals surface area contributed by atoms with Crippen LogP contribution in [-0.4, -0.2) is 16.7 Å². The van der Waals surface area contributed by atoms with Crippen molar-refractivity contribution in [1.82, 2.24) is 0 Å². The monoisotopic (exact) mass is 370 g/mol. The first-order valence-corrected chi connectivity index (χ1v) is 10.5. The number of hydrogen-bond acceptors (Lipinski definition) is 3. The predicted octanol–water partition coefficient (Wildman–Crippen LogP) is 4.98. The molecule has 0 heterocycles. The molecule has 0 saturated heterocycles. The summed E-state index contributed by atoms with van der Waals surface area (Å²) >= 11 is 0. The molecule has 0 radical (unpaired) electrons. The Balaban J connectivity index is 1.50. The number of aliphatic hydroxyl groups is 1. The highest BCUT2D eigenvalue weighted by Gasteiger charge is 2.60. The van der Waals surface area contributed by atoms with E-state index in [0.717, 1.165) is 31.2 Å². The molecular formula is C24H34O3.